The Balaban J connectivity index is 1.59. The molecular formula is C16H13ClN4O4S. The van der Waals surface area contributed by atoms with Crippen molar-refractivity contribution in [3.05, 3.63) is 53.8 Å². The van der Waals surface area contributed by atoms with Gasteiger partial charge in [-0.3, -0.25) is 15.1 Å². The van der Waals surface area contributed by atoms with Crippen LogP contribution in [0, 0.1) is 0 Å². The number of anilines is 1. The molecule has 1 aromatic carbocycles. The summed E-state index contributed by atoms with van der Waals surface area (Å²) in [5.41, 5.74) is 0.651. The molecule has 0 radical (unpaired) electrons. The van der Waals surface area contributed by atoms with Crippen LogP contribution in [0.3, 0.4) is 0 Å². The Hall–Kier alpha value is -2.78. The predicted molar refractivity (Wildman–Crippen MR) is 94.3 cm³/mol. The van der Waals surface area contributed by atoms with Crippen LogP contribution in [-0.4, -0.2) is 35.3 Å². The van der Waals surface area contributed by atoms with Gasteiger partial charge in [0, 0.05) is 29.4 Å². The van der Waals surface area contributed by atoms with E-state index in [9.17, 15) is 13.2 Å². The molecule has 0 atom stereocenters. The largest absolute Gasteiger partial charge is 0.403 e. The maximum atomic E-state index is 12.2. The normalized spacial score (nSPS) is 11.3. The van der Waals surface area contributed by atoms with E-state index in [1.165, 1.54) is 24.3 Å². The van der Waals surface area contributed by atoms with Gasteiger partial charge < -0.3 is 4.42 Å². The van der Waals surface area contributed by atoms with Crippen LogP contribution in [0.1, 0.15) is 6.42 Å². The van der Waals surface area contributed by atoms with Crippen molar-refractivity contribution in [2.24, 2.45) is 0 Å². The molecule has 0 aliphatic carbocycles. The minimum Gasteiger partial charge on any atom is -0.403 e. The monoisotopic (exact) mass is 392 g/mol. The van der Waals surface area contributed by atoms with Crippen molar-refractivity contribution >= 4 is 33.4 Å². The number of rotatable bonds is 6. The molecule has 8 nitrogen and oxygen atoms in total. The maximum Gasteiger partial charge on any atom is 0.322 e. The molecule has 10 heteroatoms. The van der Waals surface area contributed by atoms with Crippen LogP contribution in [0.15, 0.2) is 58.1 Å². The number of carbonyl (C=O) groups is 1. The molecule has 1 N–H and O–H groups in total. The predicted octanol–water partition coefficient (Wildman–Crippen LogP) is 2.59. The van der Waals surface area contributed by atoms with Gasteiger partial charge in [0.15, 0.2) is 9.84 Å². The average Bonchev–Trinajstić information content (AvgIpc) is 3.10. The molecule has 0 unspecified atom stereocenters. The Morgan fingerprint density at radius 2 is 1.77 bits per heavy atom. The van der Waals surface area contributed by atoms with Crippen molar-refractivity contribution in [2.45, 2.75) is 11.3 Å². The third kappa shape index (κ3) is 4.44. The van der Waals surface area contributed by atoms with E-state index in [1.807, 2.05) is 0 Å². The zero-order chi connectivity index (χ0) is 18.6. The zero-order valence-electron chi connectivity index (χ0n) is 13.3. The van der Waals surface area contributed by atoms with Gasteiger partial charge in [0.05, 0.1) is 10.6 Å². The molecule has 0 spiro atoms. The highest BCUT2D eigenvalue weighted by atomic mass is 35.5. The van der Waals surface area contributed by atoms with E-state index in [4.69, 9.17) is 16.0 Å². The second kappa shape index (κ2) is 7.63. The number of sulfone groups is 1. The SMILES string of the molecule is O=C(CCS(=O)(=O)c1ccc(Cl)cc1)Nc1nnc(-c2ccncc2)o1. The van der Waals surface area contributed by atoms with Crippen LogP contribution in [0.4, 0.5) is 6.01 Å². The van der Waals surface area contributed by atoms with Crippen molar-refractivity contribution in [2.75, 3.05) is 11.1 Å². The fourth-order valence-electron chi connectivity index (χ4n) is 2.05. The number of aromatic nitrogens is 3. The van der Waals surface area contributed by atoms with E-state index in [0.29, 0.717) is 10.6 Å². The molecule has 134 valence electrons. The van der Waals surface area contributed by atoms with Gasteiger partial charge in [-0.05, 0) is 36.4 Å². The van der Waals surface area contributed by atoms with Gasteiger partial charge in [-0.15, -0.1) is 5.10 Å². The highest BCUT2D eigenvalue weighted by Gasteiger charge is 2.18. The molecular weight excluding hydrogens is 380 g/mol. The zero-order valence-corrected chi connectivity index (χ0v) is 14.9. The van der Waals surface area contributed by atoms with Crippen molar-refractivity contribution in [3.8, 4) is 11.5 Å². The van der Waals surface area contributed by atoms with Crippen molar-refractivity contribution < 1.29 is 17.6 Å². The molecule has 0 aliphatic rings. The smallest absolute Gasteiger partial charge is 0.322 e. The lowest BCUT2D eigenvalue weighted by atomic mass is 10.3. The Labute approximate surface area is 154 Å². The summed E-state index contributed by atoms with van der Waals surface area (Å²) < 4.78 is 29.7. The summed E-state index contributed by atoms with van der Waals surface area (Å²) in [7, 11) is -3.60. The first-order chi connectivity index (χ1) is 12.4. The fraction of sp³-hybridized carbons (Fsp3) is 0.125. The van der Waals surface area contributed by atoms with Gasteiger partial charge >= 0.3 is 6.01 Å². The highest BCUT2D eigenvalue weighted by molar-refractivity contribution is 7.91. The summed E-state index contributed by atoms with van der Waals surface area (Å²) in [5, 5.41) is 10.3. The van der Waals surface area contributed by atoms with E-state index in [2.05, 4.69) is 20.5 Å². The lowest BCUT2D eigenvalue weighted by Gasteiger charge is -2.04. The average molecular weight is 393 g/mol. The molecule has 0 fully saturated rings. The fourth-order valence-corrected chi connectivity index (χ4v) is 3.42. The minimum atomic E-state index is -3.60. The number of halogens is 1. The molecule has 3 aromatic rings. The minimum absolute atomic E-state index is 0.104. The van der Waals surface area contributed by atoms with Crippen LogP contribution >= 0.6 is 11.6 Å². The number of amides is 1. The molecule has 0 aliphatic heterocycles. The summed E-state index contributed by atoms with van der Waals surface area (Å²) in [6.07, 6.45) is 2.89. The van der Waals surface area contributed by atoms with Crippen LogP contribution in [0.25, 0.3) is 11.5 Å². The van der Waals surface area contributed by atoms with Gasteiger partial charge in [0.2, 0.25) is 11.8 Å². The third-order valence-electron chi connectivity index (χ3n) is 3.37. The third-order valence-corrected chi connectivity index (χ3v) is 5.35. The molecule has 0 saturated heterocycles. The summed E-state index contributed by atoms with van der Waals surface area (Å²) >= 11 is 5.74. The summed E-state index contributed by atoms with van der Waals surface area (Å²) in [6, 6.07) is 9.01. The van der Waals surface area contributed by atoms with Gasteiger partial charge in [-0.2, -0.15) is 0 Å². The maximum absolute atomic E-state index is 12.2. The topological polar surface area (TPSA) is 115 Å². The number of hydrogen-bond donors (Lipinski definition) is 1. The Morgan fingerprint density at radius 3 is 2.46 bits per heavy atom. The first-order valence-electron chi connectivity index (χ1n) is 7.46. The molecule has 3 rings (SSSR count). The number of carbonyl (C=O) groups excluding carboxylic acids is 1. The summed E-state index contributed by atoms with van der Waals surface area (Å²) in [4.78, 5) is 15.9. The standard InChI is InChI=1S/C16H13ClN4O4S/c17-12-1-3-13(4-2-12)26(23,24)10-7-14(22)19-16-21-20-15(25-16)11-5-8-18-9-6-11/h1-6,8-9H,7,10H2,(H,19,21,22). The number of hydrogen-bond acceptors (Lipinski definition) is 7. The summed E-state index contributed by atoms with van der Waals surface area (Å²) in [5.74, 6) is -0.685. The highest BCUT2D eigenvalue weighted by Crippen LogP contribution is 2.19. The van der Waals surface area contributed by atoms with E-state index < -0.39 is 15.7 Å². The molecule has 2 aromatic heterocycles. The second-order valence-corrected chi connectivity index (χ2v) is 7.76. The van der Waals surface area contributed by atoms with E-state index in [0.717, 1.165) is 0 Å². The van der Waals surface area contributed by atoms with Crippen LogP contribution < -0.4 is 5.32 Å². The molecule has 0 bridgehead atoms. The number of nitrogens with zero attached hydrogens (tertiary/aromatic N) is 3. The summed E-state index contributed by atoms with van der Waals surface area (Å²) in [6.45, 7) is 0. The lowest BCUT2D eigenvalue weighted by molar-refractivity contribution is -0.115. The number of pyridine rings is 1. The Morgan fingerprint density at radius 1 is 1.08 bits per heavy atom. The van der Waals surface area contributed by atoms with E-state index in [-0.39, 0.29) is 29.0 Å². The van der Waals surface area contributed by atoms with Gasteiger partial charge in [0.25, 0.3) is 0 Å². The van der Waals surface area contributed by atoms with Gasteiger partial charge in [0.1, 0.15) is 0 Å². The molecule has 2 heterocycles. The van der Waals surface area contributed by atoms with Crippen LogP contribution in [0.2, 0.25) is 5.02 Å². The molecule has 0 saturated carbocycles. The van der Waals surface area contributed by atoms with Gasteiger partial charge in [-0.1, -0.05) is 16.7 Å². The quantitative estimate of drug-likeness (QED) is 0.685. The second-order valence-electron chi connectivity index (χ2n) is 5.22. The first kappa shape index (κ1) is 18.0. The van der Waals surface area contributed by atoms with Crippen molar-refractivity contribution in [1.29, 1.82) is 0 Å². The van der Waals surface area contributed by atoms with E-state index >= 15 is 0 Å². The van der Waals surface area contributed by atoms with E-state index in [1.54, 1.807) is 24.5 Å². The Bertz CT molecular complexity index is 1000. The van der Waals surface area contributed by atoms with Crippen LogP contribution in [0.5, 0.6) is 0 Å². The van der Waals surface area contributed by atoms with Gasteiger partial charge in [-0.25, -0.2) is 8.42 Å². The van der Waals surface area contributed by atoms with Crippen molar-refractivity contribution in [3.63, 3.8) is 0 Å². The number of nitrogens with one attached hydrogen (secondary N) is 1. The first-order valence-corrected chi connectivity index (χ1v) is 9.49. The molecule has 1 amide bonds. The van der Waals surface area contributed by atoms with Crippen LogP contribution in [-0.2, 0) is 14.6 Å². The Kier molecular flexibility index (Phi) is 5.29. The van der Waals surface area contributed by atoms with Crippen molar-refractivity contribution in [1.82, 2.24) is 15.2 Å². The molecule has 26 heavy (non-hydrogen) atoms. The lowest BCUT2D eigenvalue weighted by Crippen LogP contribution is -2.17. The number of benzene rings is 1.